The smallest absolute Gasteiger partial charge is 0.203 e. The van der Waals surface area contributed by atoms with Gasteiger partial charge in [-0.3, -0.25) is 4.90 Å². The van der Waals surface area contributed by atoms with Crippen molar-refractivity contribution in [3.05, 3.63) is 17.7 Å². The maximum atomic E-state index is 10.0. The highest BCUT2D eigenvalue weighted by Gasteiger charge is 2.30. The van der Waals surface area contributed by atoms with Crippen molar-refractivity contribution >= 4 is 0 Å². The maximum Gasteiger partial charge on any atom is 0.203 e. The molecule has 1 aliphatic heterocycles. The Labute approximate surface area is 113 Å². The van der Waals surface area contributed by atoms with Crippen LogP contribution in [0.4, 0.5) is 0 Å². The summed E-state index contributed by atoms with van der Waals surface area (Å²) in [7, 11) is 5.17. The molecule has 0 amide bonds. The maximum absolute atomic E-state index is 10.0. The number of hydrogen-bond donors (Lipinski definition) is 2. The zero-order valence-corrected chi connectivity index (χ0v) is 11.7. The molecule has 1 saturated heterocycles. The second kappa shape index (κ2) is 5.67. The Morgan fingerprint density at radius 1 is 1.37 bits per heavy atom. The molecular formula is C14H22N2O3. The summed E-state index contributed by atoms with van der Waals surface area (Å²) in [6.07, 6.45) is 1.00. The Morgan fingerprint density at radius 3 is 2.63 bits per heavy atom. The van der Waals surface area contributed by atoms with E-state index >= 15 is 0 Å². The summed E-state index contributed by atoms with van der Waals surface area (Å²) >= 11 is 0. The number of ether oxygens (including phenoxy) is 2. The van der Waals surface area contributed by atoms with E-state index in [9.17, 15) is 5.11 Å². The van der Waals surface area contributed by atoms with Gasteiger partial charge in [-0.2, -0.15) is 0 Å². The average Bonchev–Trinajstić information content (AvgIpc) is 2.79. The number of rotatable bonds is 4. The Balaban J connectivity index is 2.33. The van der Waals surface area contributed by atoms with Crippen LogP contribution in [0.1, 0.15) is 18.0 Å². The van der Waals surface area contributed by atoms with Crippen LogP contribution >= 0.6 is 0 Å². The molecule has 2 atom stereocenters. The summed E-state index contributed by atoms with van der Waals surface area (Å²) < 4.78 is 10.4. The van der Waals surface area contributed by atoms with Gasteiger partial charge in [-0.05, 0) is 43.6 Å². The monoisotopic (exact) mass is 266 g/mol. The van der Waals surface area contributed by atoms with Crippen LogP contribution in [0, 0.1) is 5.92 Å². The van der Waals surface area contributed by atoms with Crippen LogP contribution in [0.5, 0.6) is 17.2 Å². The van der Waals surface area contributed by atoms with Crippen LogP contribution < -0.4 is 15.2 Å². The summed E-state index contributed by atoms with van der Waals surface area (Å²) in [5.41, 5.74) is 6.78. The molecule has 19 heavy (non-hydrogen) atoms. The molecule has 1 aliphatic rings. The first-order valence-electron chi connectivity index (χ1n) is 6.45. The molecule has 5 heteroatoms. The van der Waals surface area contributed by atoms with Gasteiger partial charge in [-0.1, -0.05) is 0 Å². The first-order chi connectivity index (χ1) is 9.10. The van der Waals surface area contributed by atoms with Crippen LogP contribution in [0.15, 0.2) is 12.1 Å². The van der Waals surface area contributed by atoms with E-state index in [2.05, 4.69) is 11.9 Å². The predicted octanol–water partition coefficient (Wildman–Crippen LogP) is 1.36. The van der Waals surface area contributed by atoms with Crippen molar-refractivity contribution in [3.63, 3.8) is 0 Å². The summed E-state index contributed by atoms with van der Waals surface area (Å²) in [6.45, 7) is 1.68. The van der Waals surface area contributed by atoms with Crippen LogP contribution in [0.25, 0.3) is 0 Å². The summed E-state index contributed by atoms with van der Waals surface area (Å²) in [6, 6.07) is 3.94. The van der Waals surface area contributed by atoms with Gasteiger partial charge < -0.3 is 20.3 Å². The first kappa shape index (κ1) is 14.0. The molecule has 2 unspecified atom stereocenters. The normalized spacial score (nSPS) is 23.6. The number of nitrogens with zero attached hydrogens (tertiary/aromatic N) is 1. The molecule has 0 spiro atoms. The highest BCUT2D eigenvalue weighted by atomic mass is 16.5. The highest BCUT2D eigenvalue weighted by molar-refractivity contribution is 5.53. The number of benzene rings is 1. The van der Waals surface area contributed by atoms with E-state index in [0.29, 0.717) is 24.0 Å². The van der Waals surface area contributed by atoms with Gasteiger partial charge in [-0.25, -0.2) is 0 Å². The fourth-order valence-electron chi connectivity index (χ4n) is 2.82. The SMILES string of the molecule is COc1cc(C2CC(CN)CN2C)cc(O)c1OC. The molecular weight excluding hydrogens is 244 g/mol. The number of likely N-dealkylation sites (tertiary alicyclic amines) is 1. The quantitative estimate of drug-likeness (QED) is 0.861. The van der Waals surface area contributed by atoms with Crippen LogP contribution in [0.2, 0.25) is 0 Å². The zero-order valence-electron chi connectivity index (χ0n) is 11.7. The van der Waals surface area contributed by atoms with E-state index in [1.165, 1.54) is 7.11 Å². The number of methoxy groups -OCH3 is 2. The van der Waals surface area contributed by atoms with Gasteiger partial charge in [0.15, 0.2) is 11.5 Å². The zero-order chi connectivity index (χ0) is 14.0. The molecule has 0 bridgehead atoms. The first-order valence-corrected chi connectivity index (χ1v) is 6.45. The minimum atomic E-state index is 0.112. The summed E-state index contributed by atoms with van der Waals surface area (Å²) in [4.78, 5) is 2.26. The number of hydrogen-bond acceptors (Lipinski definition) is 5. The molecule has 1 fully saturated rings. The Hall–Kier alpha value is -1.46. The molecule has 1 heterocycles. The van der Waals surface area contributed by atoms with E-state index in [4.69, 9.17) is 15.2 Å². The molecule has 2 rings (SSSR count). The summed E-state index contributed by atoms with van der Waals surface area (Å²) in [5, 5.41) is 10.0. The lowest BCUT2D eigenvalue weighted by Gasteiger charge is -2.21. The highest BCUT2D eigenvalue weighted by Crippen LogP contribution is 2.42. The van der Waals surface area contributed by atoms with E-state index in [1.807, 2.05) is 6.07 Å². The molecule has 0 saturated carbocycles. The van der Waals surface area contributed by atoms with Gasteiger partial charge >= 0.3 is 0 Å². The molecule has 1 aromatic rings. The fourth-order valence-corrected chi connectivity index (χ4v) is 2.82. The van der Waals surface area contributed by atoms with Gasteiger partial charge in [0.1, 0.15) is 0 Å². The van der Waals surface area contributed by atoms with E-state index in [1.54, 1.807) is 13.2 Å². The second-order valence-electron chi connectivity index (χ2n) is 5.07. The minimum absolute atomic E-state index is 0.112. The molecule has 106 valence electrons. The van der Waals surface area contributed by atoms with Crippen molar-refractivity contribution in [1.29, 1.82) is 0 Å². The lowest BCUT2D eigenvalue weighted by Crippen LogP contribution is -2.20. The van der Waals surface area contributed by atoms with Crippen LogP contribution in [0.3, 0.4) is 0 Å². The summed E-state index contributed by atoms with van der Waals surface area (Å²) in [5.74, 6) is 1.55. The Morgan fingerprint density at radius 2 is 2.11 bits per heavy atom. The predicted molar refractivity (Wildman–Crippen MR) is 73.7 cm³/mol. The number of phenols is 1. The molecule has 1 aromatic carbocycles. The van der Waals surface area contributed by atoms with E-state index in [0.717, 1.165) is 18.5 Å². The van der Waals surface area contributed by atoms with Gasteiger partial charge in [0.25, 0.3) is 0 Å². The van der Waals surface area contributed by atoms with Crippen molar-refractivity contribution in [2.75, 3.05) is 34.4 Å². The standard InChI is InChI=1S/C14H22N2O3/c1-16-8-9(7-15)4-11(16)10-5-12(17)14(19-3)13(6-10)18-2/h5-6,9,11,17H,4,7-8,15H2,1-3H3. The van der Waals surface area contributed by atoms with Crippen molar-refractivity contribution in [1.82, 2.24) is 4.90 Å². The van der Waals surface area contributed by atoms with Gasteiger partial charge in [0.2, 0.25) is 5.75 Å². The van der Waals surface area contributed by atoms with E-state index < -0.39 is 0 Å². The van der Waals surface area contributed by atoms with Crippen molar-refractivity contribution in [2.24, 2.45) is 11.7 Å². The third-order valence-corrected chi connectivity index (χ3v) is 3.83. The Kier molecular flexibility index (Phi) is 4.17. The van der Waals surface area contributed by atoms with Gasteiger partial charge in [0, 0.05) is 12.6 Å². The number of aromatic hydroxyl groups is 1. The molecule has 5 nitrogen and oxygen atoms in total. The number of nitrogens with two attached hydrogens (primary N) is 1. The van der Waals surface area contributed by atoms with Gasteiger partial charge in [0.05, 0.1) is 14.2 Å². The molecule has 0 aliphatic carbocycles. The van der Waals surface area contributed by atoms with Crippen molar-refractivity contribution in [3.8, 4) is 17.2 Å². The van der Waals surface area contributed by atoms with Crippen LogP contribution in [-0.4, -0.2) is 44.4 Å². The average molecular weight is 266 g/mol. The molecule has 3 N–H and O–H groups in total. The van der Waals surface area contributed by atoms with Crippen molar-refractivity contribution < 1.29 is 14.6 Å². The minimum Gasteiger partial charge on any atom is -0.504 e. The lowest BCUT2D eigenvalue weighted by molar-refractivity contribution is 0.306. The second-order valence-corrected chi connectivity index (χ2v) is 5.07. The Bertz CT molecular complexity index is 451. The van der Waals surface area contributed by atoms with Crippen molar-refractivity contribution in [2.45, 2.75) is 12.5 Å². The third kappa shape index (κ3) is 2.62. The third-order valence-electron chi connectivity index (χ3n) is 3.83. The topological polar surface area (TPSA) is 68.0 Å². The largest absolute Gasteiger partial charge is 0.504 e. The van der Waals surface area contributed by atoms with Gasteiger partial charge in [-0.15, -0.1) is 0 Å². The van der Waals surface area contributed by atoms with Crippen LogP contribution in [-0.2, 0) is 0 Å². The molecule has 0 aromatic heterocycles. The number of phenolic OH excluding ortho intramolecular Hbond substituents is 1. The lowest BCUT2D eigenvalue weighted by atomic mass is 9.99. The fraction of sp³-hybridized carbons (Fsp3) is 0.571. The molecule has 0 radical (unpaired) electrons. The van der Waals surface area contributed by atoms with E-state index in [-0.39, 0.29) is 11.8 Å².